The fourth-order valence-corrected chi connectivity index (χ4v) is 6.06. The van der Waals surface area contributed by atoms with Crippen LogP contribution in [-0.4, -0.2) is 58.5 Å². The zero-order valence-electron chi connectivity index (χ0n) is 17.0. The minimum atomic E-state index is -3.70. The lowest BCUT2D eigenvalue weighted by Gasteiger charge is -2.31. The van der Waals surface area contributed by atoms with Crippen LogP contribution >= 0.6 is 11.3 Å². The second-order valence-corrected chi connectivity index (χ2v) is 10.6. The van der Waals surface area contributed by atoms with Gasteiger partial charge in [0.1, 0.15) is 4.21 Å². The summed E-state index contributed by atoms with van der Waals surface area (Å²) >= 11 is 1.18. The van der Waals surface area contributed by atoms with E-state index in [1.807, 2.05) is 17.0 Å². The van der Waals surface area contributed by atoms with Crippen molar-refractivity contribution in [3.63, 3.8) is 0 Å². The van der Waals surface area contributed by atoms with Gasteiger partial charge in [-0.25, -0.2) is 8.42 Å². The van der Waals surface area contributed by atoms with E-state index in [0.717, 1.165) is 70.6 Å². The molecule has 2 fully saturated rings. The number of carbonyl (C=O) groups excluding carboxylic acids is 1. The van der Waals surface area contributed by atoms with E-state index in [1.54, 1.807) is 23.6 Å². The van der Waals surface area contributed by atoms with Gasteiger partial charge in [0, 0.05) is 44.8 Å². The monoisotopic (exact) mass is 448 g/mol. The van der Waals surface area contributed by atoms with Crippen LogP contribution in [0.3, 0.4) is 0 Å². The summed E-state index contributed by atoms with van der Waals surface area (Å²) in [6.45, 7) is 4.76. The van der Waals surface area contributed by atoms with Crippen molar-refractivity contribution in [2.75, 3.05) is 48.9 Å². The predicted molar refractivity (Wildman–Crippen MR) is 121 cm³/mol. The SMILES string of the molecule is O=C(c1ccc(N2CCNCC2)c(NS(=O)(=O)c2cccs2)c1)N1CCCCCC1. The van der Waals surface area contributed by atoms with Crippen molar-refractivity contribution in [3.8, 4) is 0 Å². The van der Waals surface area contributed by atoms with Crippen molar-refractivity contribution < 1.29 is 13.2 Å². The Morgan fingerprint density at radius 1 is 1.00 bits per heavy atom. The minimum Gasteiger partial charge on any atom is -0.367 e. The van der Waals surface area contributed by atoms with Crippen LogP contribution in [0, 0.1) is 0 Å². The van der Waals surface area contributed by atoms with Gasteiger partial charge in [-0.05, 0) is 42.5 Å². The summed E-state index contributed by atoms with van der Waals surface area (Å²) < 4.78 is 28.8. The lowest BCUT2D eigenvalue weighted by molar-refractivity contribution is 0.0761. The van der Waals surface area contributed by atoms with E-state index in [-0.39, 0.29) is 10.1 Å². The number of amides is 1. The maximum Gasteiger partial charge on any atom is 0.271 e. The lowest BCUT2D eigenvalue weighted by atomic mass is 10.1. The van der Waals surface area contributed by atoms with Gasteiger partial charge in [0.25, 0.3) is 15.9 Å². The van der Waals surface area contributed by atoms with E-state index in [4.69, 9.17) is 0 Å². The first-order valence-corrected chi connectivity index (χ1v) is 12.9. The van der Waals surface area contributed by atoms with Crippen LogP contribution in [0.1, 0.15) is 36.0 Å². The zero-order valence-corrected chi connectivity index (χ0v) is 18.6. The Bertz CT molecular complexity index is 962. The number of thiophene rings is 1. The molecule has 9 heteroatoms. The molecule has 2 aliphatic heterocycles. The van der Waals surface area contributed by atoms with Crippen molar-refractivity contribution in [2.45, 2.75) is 29.9 Å². The van der Waals surface area contributed by atoms with Crippen molar-refractivity contribution >= 4 is 38.6 Å². The molecule has 0 aliphatic carbocycles. The van der Waals surface area contributed by atoms with Crippen LogP contribution in [0.5, 0.6) is 0 Å². The number of anilines is 2. The number of hydrogen-bond donors (Lipinski definition) is 2. The average molecular weight is 449 g/mol. The van der Waals surface area contributed by atoms with E-state index in [2.05, 4.69) is 14.9 Å². The Morgan fingerprint density at radius 2 is 1.73 bits per heavy atom. The topological polar surface area (TPSA) is 81.8 Å². The molecule has 1 aromatic carbocycles. The highest BCUT2D eigenvalue weighted by atomic mass is 32.2. The molecule has 1 aromatic heterocycles. The second-order valence-electron chi connectivity index (χ2n) is 7.71. The van der Waals surface area contributed by atoms with Crippen LogP contribution in [0.15, 0.2) is 39.9 Å². The third-order valence-corrected chi connectivity index (χ3v) is 8.36. The maximum absolute atomic E-state index is 13.1. The normalized spacial score (nSPS) is 18.1. The summed E-state index contributed by atoms with van der Waals surface area (Å²) in [6, 6.07) is 8.71. The van der Waals surface area contributed by atoms with Gasteiger partial charge < -0.3 is 15.1 Å². The van der Waals surface area contributed by atoms with Crippen LogP contribution in [0.2, 0.25) is 0 Å². The summed E-state index contributed by atoms with van der Waals surface area (Å²) in [7, 11) is -3.70. The predicted octanol–water partition coefficient (Wildman–Crippen LogP) is 2.97. The minimum absolute atomic E-state index is 0.0275. The van der Waals surface area contributed by atoms with Gasteiger partial charge in [-0.2, -0.15) is 0 Å². The van der Waals surface area contributed by atoms with Crippen molar-refractivity contribution in [1.29, 1.82) is 0 Å². The molecule has 2 saturated heterocycles. The van der Waals surface area contributed by atoms with Crippen LogP contribution < -0.4 is 14.9 Å². The first-order chi connectivity index (χ1) is 14.5. The molecule has 2 N–H and O–H groups in total. The molecule has 2 aromatic rings. The van der Waals surface area contributed by atoms with Gasteiger partial charge in [0.2, 0.25) is 0 Å². The summed E-state index contributed by atoms with van der Waals surface area (Å²) in [4.78, 5) is 17.2. The fraction of sp³-hybridized carbons (Fsp3) is 0.476. The standard InChI is InChI=1S/C21H28N4O3S2/c26-21(25-11-3-1-2-4-12-25)17-7-8-19(24-13-9-22-10-14-24)18(16-17)23-30(27,28)20-6-5-15-29-20/h5-8,15-16,22-23H,1-4,9-14H2. The number of benzene rings is 1. The van der Waals surface area contributed by atoms with Crippen LogP contribution in [-0.2, 0) is 10.0 Å². The molecule has 7 nitrogen and oxygen atoms in total. The average Bonchev–Trinajstić information content (AvgIpc) is 3.18. The van der Waals surface area contributed by atoms with Gasteiger partial charge >= 0.3 is 0 Å². The molecule has 4 rings (SSSR count). The number of sulfonamides is 1. The molecule has 30 heavy (non-hydrogen) atoms. The van der Waals surface area contributed by atoms with Crippen LogP contribution in [0.4, 0.5) is 11.4 Å². The second kappa shape index (κ2) is 9.36. The number of nitrogens with zero attached hydrogens (tertiary/aromatic N) is 2. The number of likely N-dealkylation sites (tertiary alicyclic amines) is 1. The molecule has 0 atom stereocenters. The molecule has 1 amide bonds. The quantitative estimate of drug-likeness (QED) is 0.735. The van der Waals surface area contributed by atoms with Crippen LogP contribution in [0.25, 0.3) is 0 Å². The lowest BCUT2D eigenvalue weighted by Crippen LogP contribution is -2.43. The van der Waals surface area contributed by atoms with E-state index in [0.29, 0.717) is 11.3 Å². The number of carbonyl (C=O) groups is 1. The van der Waals surface area contributed by atoms with E-state index in [9.17, 15) is 13.2 Å². The third-order valence-electron chi connectivity index (χ3n) is 5.60. The van der Waals surface area contributed by atoms with E-state index < -0.39 is 10.0 Å². The molecule has 0 bridgehead atoms. The molecule has 2 aliphatic rings. The van der Waals surface area contributed by atoms with Gasteiger partial charge in [0.05, 0.1) is 11.4 Å². The Balaban J connectivity index is 1.66. The largest absolute Gasteiger partial charge is 0.367 e. The van der Waals surface area contributed by atoms with Gasteiger partial charge in [0.15, 0.2) is 0 Å². The highest BCUT2D eigenvalue weighted by Crippen LogP contribution is 2.31. The molecule has 162 valence electrons. The number of nitrogens with one attached hydrogen (secondary N) is 2. The Kier molecular flexibility index (Phi) is 6.60. The highest BCUT2D eigenvalue weighted by molar-refractivity contribution is 7.94. The van der Waals surface area contributed by atoms with Crippen molar-refractivity contribution in [3.05, 3.63) is 41.3 Å². The van der Waals surface area contributed by atoms with Crippen molar-refractivity contribution in [1.82, 2.24) is 10.2 Å². The van der Waals surface area contributed by atoms with Gasteiger partial charge in [-0.1, -0.05) is 18.9 Å². The molecule has 0 radical (unpaired) electrons. The van der Waals surface area contributed by atoms with E-state index >= 15 is 0 Å². The smallest absolute Gasteiger partial charge is 0.271 e. The Labute approximate surface area is 182 Å². The first-order valence-electron chi connectivity index (χ1n) is 10.5. The third kappa shape index (κ3) is 4.79. The summed E-state index contributed by atoms with van der Waals surface area (Å²) in [5.41, 5.74) is 1.80. The molecule has 0 saturated carbocycles. The molecule has 0 unspecified atom stereocenters. The Morgan fingerprint density at radius 3 is 2.40 bits per heavy atom. The fourth-order valence-electron chi connectivity index (χ4n) is 4.00. The summed E-state index contributed by atoms with van der Waals surface area (Å²) in [6.07, 6.45) is 4.33. The summed E-state index contributed by atoms with van der Waals surface area (Å²) in [5.74, 6) is -0.0275. The first kappa shape index (κ1) is 21.1. The molecular formula is C21H28N4O3S2. The zero-order chi connectivity index (χ0) is 21.0. The van der Waals surface area contributed by atoms with Crippen molar-refractivity contribution in [2.24, 2.45) is 0 Å². The molecule has 3 heterocycles. The van der Waals surface area contributed by atoms with E-state index in [1.165, 1.54) is 11.3 Å². The van der Waals surface area contributed by atoms with Gasteiger partial charge in [-0.3, -0.25) is 9.52 Å². The molecular weight excluding hydrogens is 420 g/mol. The maximum atomic E-state index is 13.1. The highest BCUT2D eigenvalue weighted by Gasteiger charge is 2.23. The van der Waals surface area contributed by atoms with Gasteiger partial charge in [-0.15, -0.1) is 11.3 Å². The number of hydrogen-bond acceptors (Lipinski definition) is 6. The Hall–Kier alpha value is -2.10. The number of piperazine rings is 1. The summed E-state index contributed by atoms with van der Waals surface area (Å²) in [5, 5.41) is 5.05. The number of rotatable bonds is 5. The molecule has 0 spiro atoms.